The molecular formula is C11H17NO6. The monoisotopic (exact) mass is 259 g/mol. The third kappa shape index (κ3) is 5.42. The normalized spacial score (nSPS) is 13.4. The lowest BCUT2D eigenvalue weighted by Gasteiger charge is -2.19. The first-order chi connectivity index (χ1) is 8.29. The molecule has 0 bridgehead atoms. The van der Waals surface area contributed by atoms with Crippen LogP contribution in [0.25, 0.3) is 0 Å². The number of amides is 1. The molecule has 0 spiro atoms. The Balaban J connectivity index is 4.31. The van der Waals surface area contributed by atoms with Crippen LogP contribution >= 0.6 is 0 Å². The summed E-state index contributed by atoms with van der Waals surface area (Å²) >= 11 is 0. The molecule has 0 fully saturated rings. The van der Waals surface area contributed by atoms with Gasteiger partial charge in [-0.1, -0.05) is 20.3 Å². The average Bonchev–Trinajstić information content (AvgIpc) is 2.31. The van der Waals surface area contributed by atoms with Crippen LogP contribution in [0.3, 0.4) is 0 Å². The number of carboxylic acid groups (broad SMARTS) is 2. The topological polar surface area (TPSA) is 121 Å². The fourth-order valence-electron chi connectivity index (χ4n) is 1.26. The van der Waals surface area contributed by atoms with Crippen LogP contribution < -0.4 is 5.32 Å². The van der Waals surface area contributed by atoms with Gasteiger partial charge in [-0.3, -0.25) is 9.59 Å². The second kappa shape index (κ2) is 7.41. The van der Waals surface area contributed by atoms with Crippen molar-refractivity contribution in [2.45, 2.75) is 39.2 Å². The summed E-state index contributed by atoms with van der Waals surface area (Å²) in [7, 11) is 0. The molecule has 0 aromatic rings. The standard InChI is InChI=1S/C11H17NO6/c1-3-6(2)9(11(17)18)12-8(14)5-4-7(13)10(15)16/h6,9H,3-5H2,1-2H3,(H,12,14)(H,15,16)(H,17,18)/t6-,9-/m0/s1. The first-order valence-corrected chi connectivity index (χ1v) is 5.57. The number of aliphatic carboxylic acids is 2. The van der Waals surface area contributed by atoms with E-state index in [0.29, 0.717) is 6.42 Å². The number of carbonyl (C=O) groups excluding carboxylic acids is 2. The van der Waals surface area contributed by atoms with E-state index in [9.17, 15) is 19.2 Å². The van der Waals surface area contributed by atoms with Crippen molar-refractivity contribution in [3.63, 3.8) is 0 Å². The van der Waals surface area contributed by atoms with Crippen LogP contribution in [0.4, 0.5) is 0 Å². The lowest BCUT2D eigenvalue weighted by molar-refractivity contribution is -0.149. The van der Waals surface area contributed by atoms with E-state index < -0.39 is 36.1 Å². The van der Waals surface area contributed by atoms with E-state index in [1.54, 1.807) is 13.8 Å². The van der Waals surface area contributed by atoms with Gasteiger partial charge >= 0.3 is 11.9 Å². The van der Waals surface area contributed by atoms with Crippen LogP contribution in [-0.4, -0.2) is 39.9 Å². The maximum absolute atomic E-state index is 11.4. The zero-order chi connectivity index (χ0) is 14.3. The molecular weight excluding hydrogens is 242 g/mol. The van der Waals surface area contributed by atoms with E-state index in [0.717, 1.165) is 0 Å². The molecule has 0 radical (unpaired) electrons. The quantitative estimate of drug-likeness (QED) is 0.529. The SMILES string of the molecule is CC[C@H](C)[C@H](NC(=O)CCC(=O)C(=O)O)C(=O)O. The second-order valence-electron chi connectivity index (χ2n) is 4.00. The van der Waals surface area contributed by atoms with Crippen molar-refractivity contribution in [3.05, 3.63) is 0 Å². The molecule has 7 nitrogen and oxygen atoms in total. The lowest BCUT2D eigenvalue weighted by atomic mass is 9.99. The van der Waals surface area contributed by atoms with E-state index in [4.69, 9.17) is 10.2 Å². The number of ketones is 1. The molecule has 7 heteroatoms. The van der Waals surface area contributed by atoms with Gasteiger partial charge in [0.1, 0.15) is 6.04 Å². The Morgan fingerprint density at radius 2 is 1.67 bits per heavy atom. The Kier molecular flexibility index (Phi) is 6.62. The average molecular weight is 259 g/mol. The Bertz CT molecular complexity index is 351. The number of Topliss-reactive ketones (excluding diaryl/α,β-unsaturated/α-hetero) is 1. The number of carbonyl (C=O) groups is 4. The van der Waals surface area contributed by atoms with Crippen LogP contribution in [0.1, 0.15) is 33.1 Å². The number of hydrogen-bond acceptors (Lipinski definition) is 4. The minimum Gasteiger partial charge on any atom is -0.480 e. The highest BCUT2D eigenvalue weighted by Gasteiger charge is 2.25. The number of rotatable bonds is 8. The summed E-state index contributed by atoms with van der Waals surface area (Å²) < 4.78 is 0. The third-order valence-corrected chi connectivity index (χ3v) is 2.61. The smallest absolute Gasteiger partial charge is 0.372 e. The summed E-state index contributed by atoms with van der Waals surface area (Å²) in [6.07, 6.45) is -0.190. The van der Waals surface area contributed by atoms with Crippen molar-refractivity contribution < 1.29 is 29.4 Å². The number of nitrogens with one attached hydrogen (secondary N) is 1. The largest absolute Gasteiger partial charge is 0.480 e. The summed E-state index contributed by atoms with van der Waals surface area (Å²) in [5.41, 5.74) is 0. The van der Waals surface area contributed by atoms with Crippen LogP contribution in [0.15, 0.2) is 0 Å². The van der Waals surface area contributed by atoms with Gasteiger partial charge in [-0.2, -0.15) is 0 Å². The Hall–Kier alpha value is -1.92. The van der Waals surface area contributed by atoms with Gasteiger partial charge in [0.05, 0.1) is 0 Å². The number of hydrogen-bond donors (Lipinski definition) is 3. The molecule has 0 aromatic carbocycles. The summed E-state index contributed by atoms with van der Waals surface area (Å²) in [5.74, 6) is -4.71. The highest BCUT2D eigenvalue weighted by Crippen LogP contribution is 2.08. The third-order valence-electron chi connectivity index (χ3n) is 2.61. The molecule has 102 valence electrons. The van der Waals surface area contributed by atoms with Gasteiger partial charge in [0.15, 0.2) is 0 Å². The van der Waals surface area contributed by atoms with Crippen LogP contribution in [0.2, 0.25) is 0 Å². The van der Waals surface area contributed by atoms with Gasteiger partial charge in [0.2, 0.25) is 11.7 Å². The van der Waals surface area contributed by atoms with Gasteiger partial charge in [-0.25, -0.2) is 9.59 Å². The summed E-state index contributed by atoms with van der Waals surface area (Å²) in [5, 5.41) is 19.5. The first kappa shape index (κ1) is 16.1. The molecule has 0 aliphatic carbocycles. The van der Waals surface area contributed by atoms with E-state index in [-0.39, 0.29) is 12.3 Å². The van der Waals surface area contributed by atoms with Crippen molar-refractivity contribution in [1.29, 1.82) is 0 Å². The highest BCUT2D eigenvalue weighted by atomic mass is 16.4. The van der Waals surface area contributed by atoms with Crippen LogP contribution in [0, 0.1) is 5.92 Å². The predicted molar refractivity (Wildman–Crippen MR) is 60.9 cm³/mol. The van der Waals surface area contributed by atoms with E-state index in [2.05, 4.69) is 5.32 Å². The van der Waals surface area contributed by atoms with E-state index >= 15 is 0 Å². The van der Waals surface area contributed by atoms with Crippen molar-refractivity contribution in [1.82, 2.24) is 5.32 Å². The molecule has 1 amide bonds. The van der Waals surface area contributed by atoms with Gasteiger partial charge in [-0.05, 0) is 5.92 Å². The molecule has 2 atom stereocenters. The molecule has 18 heavy (non-hydrogen) atoms. The Labute approximate surface area is 104 Å². The zero-order valence-corrected chi connectivity index (χ0v) is 10.3. The lowest BCUT2D eigenvalue weighted by Crippen LogP contribution is -2.45. The van der Waals surface area contributed by atoms with E-state index in [1.165, 1.54) is 0 Å². The molecule has 3 N–H and O–H groups in total. The molecule has 0 unspecified atom stereocenters. The molecule has 0 aliphatic heterocycles. The van der Waals surface area contributed by atoms with Gasteiger partial charge in [-0.15, -0.1) is 0 Å². The maximum Gasteiger partial charge on any atom is 0.372 e. The van der Waals surface area contributed by atoms with Gasteiger partial charge in [0, 0.05) is 12.8 Å². The molecule has 0 aromatic heterocycles. The fraction of sp³-hybridized carbons (Fsp3) is 0.636. The van der Waals surface area contributed by atoms with Gasteiger partial charge in [0.25, 0.3) is 0 Å². The maximum atomic E-state index is 11.4. The fourth-order valence-corrected chi connectivity index (χ4v) is 1.26. The molecule has 0 rings (SSSR count). The van der Waals surface area contributed by atoms with Crippen LogP contribution in [-0.2, 0) is 19.2 Å². The first-order valence-electron chi connectivity index (χ1n) is 5.57. The highest BCUT2D eigenvalue weighted by molar-refractivity contribution is 6.32. The Morgan fingerprint density at radius 1 is 1.11 bits per heavy atom. The molecule has 0 heterocycles. The Morgan fingerprint density at radius 3 is 2.06 bits per heavy atom. The van der Waals surface area contributed by atoms with Crippen molar-refractivity contribution in [3.8, 4) is 0 Å². The molecule has 0 saturated heterocycles. The van der Waals surface area contributed by atoms with Crippen molar-refractivity contribution in [2.75, 3.05) is 0 Å². The van der Waals surface area contributed by atoms with Gasteiger partial charge < -0.3 is 15.5 Å². The summed E-state index contributed by atoms with van der Waals surface area (Å²) in [4.78, 5) is 43.3. The zero-order valence-electron chi connectivity index (χ0n) is 10.3. The number of carboxylic acids is 2. The minimum atomic E-state index is -1.60. The summed E-state index contributed by atoms with van der Waals surface area (Å²) in [6.45, 7) is 3.47. The van der Waals surface area contributed by atoms with Crippen LogP contribution in [0.5, 0.6) is 0 Å². The second-order valence-corrected chi connectivity index (χ2v) is 4.00. The predicted octanol–water partition coefficient (Wildman–Crippen LogP) is 0.0358. The summed E-state index contributed by atoms with van der Waals surface area (Å²) in [6, 6.07) is -1.03. The van der Waals surface area contributed by atoms with Crippen molar-refractivity contribution >= 4 is 23.6 Å². The van der Waals surface area contributed by atoms with E-state index in [1.807, 2.05) is 0 Å². The minimum absolute atomic E-state index is 0.248. The molecule has 0 saturated carbocycles. The van der Waals surface area contributed by atoms with Crippen molar-refractivity contribution in [2.24, 2.45) is 5.92 Å². The molecule has 0 aliphatic rings.